The summed E-state index contributed by atoms with van der Waals surface area (Å²) in [6, 6.07) is 5.92. The first-order valence-corrected chi connectivity index (χ1v) is 7.38. The summed E-state index contributed by atoms with van der Waals surface area (Å²) in [4.78, 5) is 11.9. The molecular weight excluding hydrogens is 310 g/mol. The van der Waals surface area contributed by atoms with Crippen LogP contribution in [0.4, 0.5) is 8.78 Å². The van der Waals surface area contributed by atoms with Crippen LogP contribution in [0.25, 0.3) is 0 Å². The molecule has 0 amide bonds. The number of halogens is 2. The molecule has 0 aliphatic carbocycles. The molecule has 0 aliphatic rings. The van der Waals surface area contributed by atoms with E-state index in [1.54, 1.807) is 26.0 Å². The molecule has 23 heavy (non-hydrogen) atoms. The van der Waals surface area contributed by atoms with Crippen molar-refractivity contribution in [2.45, 2.75) is 39.6 Å². The summed E-state index contributed by atoms with van der Waals surface area (Å²) < 4.78 is 44.1. The van der Waals surface area contributed by atoms with Crippen LogP contribution in [0, 0.1) is 0 Å². The van der Waals surface area contributed by atoms with Crippen molar-refractivity contribution in [2.75, 3.05) is 19.8 Å². The maximum absolute atomic E-state index is 12.1. The third kappa shape index (κ3) is 7.38. The van der Waals surface area contributed by atoms with Gasteiger partial charge < -0.3 is 18.9 Å². The topological polar surface area (TPSA) is 54.0 Å². The van der Waals surface area contributed by atoms with Crippen LogP contribution in [-0.2, 0) is 19.0 Å². The van der Waals surface area contributed by atoms with Crippen molar-refractivity contribution >= 4 is 5.97 Å². The Bertz CT molecular complexity index is 464. The van der Waals surface area contributed by atoms with Crippen molar-refractivity contribution in [1.82, 2.24) is 0 Å². The zero-order valence-electron chi connectivity index (χ0n) is 13.5. The van der Waals surface area contributed by atoms with Crippen molar-refractivity contribution in [3.8, 4) is 5.75 Å². The van der Waals surface area contributed by atoms with Gasteiger partial charge in [-0.3, -0.25) is 0 Å². The maximum Gasteiger partial charge on any atom is 0.387 e. The normalized spacial score (nSPS) is 13.7. The molecule has 0 saturated carbocycles. The Morgan fingerprint density at radius 3 is 2.35 bits per heavy atom. The fraction of sp³-hybridized carbons (Fsp3) is 0.562. The van der Waals surface area contributed by atoms with Crippen molar-refractivity contribution in [3.05, 3.63) is 29.8 Å². The molecule has 0 fully saturated rings. The van der Waals surface area contributed by atoms with E-state index in [1.807, 2.05) is 6.92 Å². The van der Waals surface area contributed by atoms with Gasteiger partial charge in [0.15, 0.2) is 6.10 Å². The quantitative estimate of drug-likeness (QED) is 0.486. The Labute approximate surface area is 134 Å². The molecular formula is C16H22F2O5. The SMILES string of the molecule is CCOCCO[C@H](C)C(=O)O[C@@H](C)c1ccc(OC(F)F)cc1. The zero-order chi connectivity index (χ0) is 17.2. The largest absolute Gasteiger partial charge is 0.456 e. The van der Waals surface area contributed by atoms with Crippen LogP contribution in [0.15, 0.2) is 24.3 Å². The fourth-order valence-electron chi connectivity index (χ4n) is 1.75. The van der Waals surface area contributed by atoms with E-state index in [-0.39, 0.29) is 5.75 Å². The van der Waals surface area contributed by atoms with Crippen LogP contribution in [0.2, 0.25) is 0 Å². The Morgan fingerprint density at radius 1 is 1.13 bits per heavy atom. The highest BCUT2D eigenvalue weighted by Gasteiger charge is 2.19. The molecule has 0 saturated heterocycles. The lowest BCUT2D eigenvalue weighted by atomic mass is 10.1. The molecule has 0 spiro atoms. The minimum absolute atomic E-state index is 0.0508. The molecule has 0 unspecified atom stereocenters. The first-order chi connectivity index (χ1) is 10.9. The molecule has 0 radical (unpaired) electrons. The third-order valence-corrected chi connectivity index (χ3v) is 3.00. The van der Waals surface area contributed by atoms with E-state index in [0.717, 1.165) is 0 Å². The molecule has 0 bridgehead atoms. The van der Waals surface area contributed by atoms with Crippen molar-refractivity contribution < 1.29 is 32.5 Å². The smallest absolute Gasteiger partial charge is 0.387 e. The van der Waals surface area contributed by atoms with Crippen LogP contribution >= 0.6 is 0 Å². The van der Waals surface area contributed by atoms with Crippen molar-refractivity contribution in [1.29, 1.82) is 0 Å². The van der Waals surface area contributed by atoms with E-state index in [1.165, 1.54) is 12.1 Å². The average molecular weight is 332 g/mol. The van der Waals surface area contributed by atoms with Gasteiger partial charge in [0, 0.05) is 6.61 Å². The van der Waals surface area contributed by atoms with Gasteiger partial charge in [-0.05, 0) is 38.5 Å². The monoisotopic (exact) mass is 332 g/mol. The third-order valence-electron chi connectivity index (χ3n) is 3.00. The van der Waals surface area contributed by atoms with E-state index >= 15 is 0 Å². The first kappa shape index (κ1) is 19.3. The highest BCUT2D eigenvalue weighted by Crippen LogP contribution is 2.22. The summed E-state index contributed by atoms with van der Waals surface area (Å²) in [5, 5.41) is 0. The fourth-order valence-corrected chi connectivity index (χ4v) is 1.75. The zero-order valence-corrected chi connectivity index (χ0v) is 13.5. The number of carbonyl (C=O) groups is 1. The second-order valence-corrected chi connectivity index (χ2v) is 4.74. The van der Waals surface area contributed by atoms with E-state index in [9.17, 15) is 13.6 Å². The predicted octanol–water partition coefficient (Wildman–Crippen LogP) is 3.33. The second-order valence-electron chi connectivity index (χ2n) is 4.74. The molecule has 0 heterocycles. The van der Waals surface area contributed by atoms with Crippen molar-refractivity contribution in [3.63, 3.8) is 0 Å². The highest BCUT2D eigenvalue weighted by atomic mass is 19.3. The number of esters is 1. The molecule has 130 valence electrons. The van der Waals surface area contributed by atoms with Crippen molar-refractivity contribution in [2.24, 2.45) is 0 Å². The summed E-state index contributed by atoms with van der Waals surface area (Å²) >= 11 is 0. The molecule has 1 aromatic carbocycles. The highest BCUT2D eigenvalue weighted by molar-refractivity contribution is 5.74. The van der Waals surface area contributed by atoms with Gasteiger partial charge in [-0.15, -0.1) is 0 Å². The molecule has 1 aromatic rings. The molecule has 7 heteroatoms. The van der Waals surface area contributed by atoms with Gasteiger partial charge in [-0.2, -0.15) is 8.78 Å². The van der Waals surface area contributed by atoms with E-state index in [2.05, 4.69) is 4.74 Å². The lowest BCUT2D eigenvalue weighted by Crippen LogP contribution is -2.26. The summed E-state index contributed by atoms with van der Waals surface area (Å²) in [5.74, 6) is -0.447. The van der Waals surface area contributed by atoms with Crippen LogP contribution in [0.3, 0.4) is 0 Å². The van der Waals surface area contributed by atoms with Gasteiger partial charge >= 0.3 is 12.6 Å². The minimum atomic E-state index is -2.87. The maximum atomic E-state index is 12.1. The number of alkyl halides is 2. The summed E-state index contributed by atoms with van der Waals surface area (Å²) in [7, 11) is 0. The first-order valence-electron chi connectivity index (χ1n) is 7.38. The van der Waals surface area contributed by atoms with Gasteiger partial charge in [0.1, 0.15) is 11.9 Å². The molecule has 2 atom stereocenters. The molecule has 5 nitrogen and oxygen atoms in total. The molecule has 0 N–H and O–H groups in total. The number of benzene rings is 1. The standard InChI is InChI=1S/C16H22F2O5/c1-4-20-9-10-21-12(3)15(19)22-11(2)13-5-7-14(8-6-13)23-16(17)18/h5-8,11-12,16H,4,9-10H2,1-3H3/t11-,12+/m0/s1. The second kappa shape index (κ2) is 10.1. The van der Waals surface area contributed by atoms with Gasteiger partial charge in [0.2, 0.25) is 0 Å². The van der Waals surface area contributed by atoms with E-state index in [4.69, 9.17) is 14.2 Å². The number of carbonyl (C=O) groups excluding carboxylic acids is 1. The molecule has 1 rings (SSSR count). The van der Waals surface area contributed by atoms with Gasteiger partial charge in [-0.1, -0.05) is 12.1 Å². The minimum Gasteiger partial charge on any atom is -0.456 e. The Hall–Kier alpha value is -1.73. The molecule has 0 aliphatic heterocycles. The summed E-state index contributed by atoms with van der Waals surface area (Å²) in [6.07, 6.45) is -1.24. The van der Waals surface area contributed by atoms with E-state index in [0.29, 0.717) is 25.4 Å². The number of rotatable bonds is 10. The van der Waals surface area contributed by atoms with Crippen LogP contribution in [-0.4, -0.2) is 38.5 Å². The van der Waals surface area contributed by atoms with Gasteiger partial charge in [0.25, 0.3) is 0 Å². The number of hydrogen-bond donors (Lipinski definition) is 0. The average Bonchev–Trinajstić information content (AvgIpc) is 2.51. The predicted molar refractivity (Wildman–Crippen MR) is 79.5 cm³/mol. The Morgan fingerprint density at radius 2 is 1.78 bits per heavy atom. The number of hydrogen-bond acceptors (Lipinski definition) is 5. The Kier molecular flexibility index (Phi) is 8.50. The molecule has 0 aromatic heterocycles. The summed E-state index contributed by atoms with van der Waals surface area (Å²) in [6.45, 7) is 3.59. The van der Waals surface area contributed by atoms with Crippen LogP contribution in [0.5, 0.6) is 5.75 Å². The van der Waals surface area contributed by atoms with Crippen LogP contribution < -0.4 is 4.74 Å². The lowest BCUT2D eigenvalue weighted by Gasteiger charge is -2.18. The van der Waals surface area contributed by atoms with Gasteiger partial charge in [-0.25, -0.2) is 4.79 Å². The van der Waals surface area contributed by atoms with E-state index < -0.39 is 24.8 Å². The number of ether oxygens (including phenoxy) is 4. The Balaban J connectivity index is 2.44. The van der Waals surface area contributed by atoms with Crippen LogP contribution in [0.1, 0.15) is 32.4 Å². The lowest BCUT2D eigenvalue weighted by molar-refractivity contribution is -0.161. The summed E-state index contributed by atoms with van der Waals surface area (Å²) in [5.41, 5.74) is 0.668. The van der Waals surface area contributed by atoms with Gasteiger partial charge in [0.05, 0.1) is 13.2 Å².